The predicted molar refractivity (Wildman–Crippen MR) is 120 cm³/mol. The van der Waals surface area contributed by atoms with Crippen LogP contribution < -0.4 is 5.32 Å². The molecule has 0 radical (unpaired) electrons. The number of hydrogen-bond acceptors (Lipinski definition) is 3. The summed E-state index contributed by atoms with van der Waals surface area (Å²) in [5, 5.41) is 12.7. The van der Waals surface area contributed by atoms with Crippen LogP contribution >= 0.6 is 11.6 Å². The predicted octanol–water partition coefficient (Wildman–Crippen LogP) is 7.13. The number of benzene rings is 2. The van der Waals surface area contributed by atoms with Crippen LogP contribution in [-0.2, 0) is 11.0 Å². The number of halogens is 4. The number of carbonyl (C=O) groups is 1. The lowest BCUT2D eigenvalue weighted by Crippen LogP contribution is -2.32. The normalized spacial score (nSPS) is 18.5. The van der Waals surface area contributed by atoms with E-state index in [1.165, 1.54) is 6.07 Å². The number of allylic oxidation sites excluding steroid dienone is 1. The first-order valence-electron chi connectivity index (χ1n) is 10.1. The standard InChI is InChI=1S/C24H24ClF3N2O2/c1-14(15-7-5-4-6-8-15)29-19-12-23(2,3)13-20(31)21(19)22(32)30-16-9-10-18(25)17(11-16)24(26,27)28/h4-11,14,31H,12-13H2,1-3H3,(H,30,32)/t14-/m1/s1. The van der Waals surface area contributed by atoms with Gasteiger partial charge >= 0.3 is 6.18 Å². The zero-order chi connectivity index (χ0) is 23.7. The molecule has 1 aliphatic carbocycles. The lowest BCUT2D eigenvalue weighted by atomic mass is 9.75. The molecule has 4 nitrogen and oxygen atoms in total. The van der Waals surface area contributed by atoms with Gasteiger partial charge in [0.25, 0.3) is 5.91 Å². The molecule has 8 heteroatoms. The first-order chi connectivity index (χ1) is 14.9. The molecule has 32 heavy (non-hydrogen) atoms. The highest BCUT2D eigenvalue weighted by molar-refractivity contribution is 6.31. The van der Waals surface area contributed by atoms with Gasteiger partial charge in [0, 0.05) is 12.1 Å². The number of aliphatic hydroxyl groups is 1. The Morgan fingerprint density at radius 3 is 2.44 bits per heavy atom. The molecule has 0 aromatic heterocycles. The summed E-state index contributed by atoms with van der Waals surface area (Å²) in [6.45, 7) is 5.79. The number of alkyl halides is 3. The minimum Gasteiger partial charge on any atom is -0.511 e. The van der Waals surface area contributed by atoms with Crippen LogP contribution in [0.1, 0.15) is 50.8 Å². The Balaban J connectivity index is 1.96. The second kappa shape index (κ2) is 8.98. The van der Waals surface area contributed by atoms with Gasteiger partial charge in [0.1, 0.15) is 5.76 Å². The van der Waals surface area contributed by atoms with E-state index < -0.39 is 22.7 Å². The van der Waals surface area contributed by atoms with Crippen LogP contribution in [0.4, 0.5) is 18.9 Å². The Morgan fingerprint density at radius 2 is 1.81 bits per heavy atom. The molecule has 1 amide bonds. The smallest absolute Gasteiger partial charge is 0.417 e. The van der Waals surface area contributed by atoms with Gasteiger partial charge in [-0.1, -0.05) is 55.8 Å². The van der Waals surface area contributed by atoms with Crippen LogP contribution in [0, 0.1) is 5.41 Å². The van der Waals surface area contributed by atoms with Crippen LogP contribution in [0.25, 0.3) is 0 Å². The van der Waals surface area contributed by atoms with E-state index in [9.17, 15) is 23.1 Å². The number of anilines is 1. The molecule has 0 spiro atoms. The van der Waals surface area contributed by atoms with E-state index in [2.05, 4.69) is 5.32 Å². The molecule has 2 aromatic rings. The van der Waals surface area contributed by atoms with Gasteiger partial charge in [-0.2, -0.15) is 13.2 Å². The van der Waals surface area contributed by atoms with Gasteiger partial charge < -0.3 is 10.4 Å². The summed E-state index contributed by atoms with van der Waals surface area (Å²) in [5.41, 5.74) is -0.102. The molecule has 0 heterocycles. The van der Waals surface area contributed by atoms with Crippen molar-refractivity contribution in [3.8, 4) is 0 Å². The van der Waals surface area contributed by atoms with Crippen molar-refractivity contribution in [2.24, 2.45) is 10.4 Å². The number of aliphatic hydroxyl groups excluding tert-OH is 1. The van der Waals surface area contributed by atoms with E-state index in [1.54, 1.807) is 0 Å². The maximum absolute atomic E-state index is 13.2. The fourth-order valence-corrected chi connectivity index (χ4v) is 3.96. The molecule has 0 saturated carbocycles. The minimum absolute atomic E-state index is 0.00406. The Labute approximate surface area is 189 Å². The van der Waals surface area contributed by atoms with E-state index in [4.69, 9.17) is 16.6 Å². The molecule has 0 saturated heterocycles. The first kappa shape index (κ1) is 23.9. The Kier molecular flexibility index (Phi) is 6.69. The van der Waals surface area contributed by atoms with Crippen LogP contribution in [0.3, 0.4) is 0 Å². The number of amides is 1. The molecular weight excluding hydrogens is 441 g/mol. The monoisotopic (exact) mass is 464 g/mol. The Hall–Kier alpha value is -2.80. The summed E-state index contributed by atoms with van der Waals surface area (Å²) in [4.78, 5) is 17.7. The molecule has 1 atom stereocenters. The number of carbonyl (C=O) groups excluding carboxylic acids is 1. The topological polar surface area (TPSA) is 61.7 Å². The number of nitrogens with zero attached hydrogens (tertiary/aromatic N) is 1. The fraction of sp³-hybridized carbons (Fsp3) is 0.333. The second-order valence-corrected chi connectivity index (χ2v) is 9.06. The number of nitrogens with one attached hydrogen (secondary N) is 1. The fourth-order valence-electron chi connectivity index (χ4n) is 3.74. The summed E-state index contributed by atoms with van der Waals surface area (Å²) in [5.74, 6) is -0.852. The summed E-state index contributed by atoms with van der Waals surface area (Å²) in [6, 6.07) is 12.3. The summed E-state index contributed by atoms with van der Waals surface area (Å²) >= 11 is 5.66. The van der Waals surface area contributed by atoms with E-state index in [1.807, 2.05) is 51.1 Å². The van der Waals surface area contributed by atoms with Gasteiger partial charge in [0.15, 0.2) is 0 Å². The zero-order valence-corrected chi connectivity index (χ0v) is 18.7. The average molecular weight is 465 g/mol. The minimum atomic E-state index is -4.66. The van der Waals surface area contributed by atoms with Crippen molar-refractivity contribution >= 4 is 28.9 Å². The number of hydrogen-bond donors (Lipinski definition) is 2. The van der Waals surface area contributed by atoms with Crippen molar-refractivity contribution in [1.82, 2.24) is 0 Å². The maximum Gasteiger partial charge on any atom is 0.417 e. The lowest BCUT2D eigenvalue weighted by Gasteiger charge is -2.32. The van der Waals surface area contributed by atoms with Crippen LogP contribution in [0.15, 0.2) is 64.9 Å². The van der Waals surface area contributed by atoms with Crippen LogP contribution in [0.5, 0.6) is 0 Å². The molecule has 0 bridgehead atoms. The molecule has 2 N–H and O–H groups in total. The van der Waals surface area contributed by atoms with Crippen molar-refractivity contribution in [3.05, 3.63) is 76.0 Å². The summed E-state index contributed by atoms with van der Waals surface area (Å²) in [6.07, 6.45) is -3.97. The van der Waals surface area contributed by atoms with Crippen LogP contribution in [-0.4, -0.2) is 16.7 Å². The van der Waals surface area contributed by atoms with Gasteiger partial charge in [0.2, 0.25) is 0 Å². The van der Waals surface area contributed by atoms with E-state index in [0.29, 0.717) is 12.1 Å². The van der Waals surface area contributed by atoms with E-state index in [0.717, 1.165) is 17.7 Å². The highest BCUT2D eigenvalue weighted by Gasteiger charge is 2.36. The quantitative estimate of drug-likeness (QED) is 0.505. The maximum atomic E-state index is 13.2. The molecule has 3 rings (SSSR count). The third kappa shape index (κ3) is 5.51. The van der Waals surface area contributed by atoms with E-state index in [-0.39, 0.29) is 34.9 Å². The Morgan fingerprint density at radius 1 is 1.16 bits per heavy atom. The molecular formula is C24H24ClF3N2O2. The van der Waals surface area contributed by atoms with Gasteiger partial charge in [-0.3, -0.25) is 9.79 Å². The summed E-state index contributed by atoms with van der Waals surface area (Å²) < 4.78 is 39.5. The highest BCUT2D eigenvalue weighted by Crippen LogP contribution is 2.39. The van der Waals surface area contributed by atoms with Gasteiger partial charge in [-0.15, -0.1) is 0 Å². The molecule has 0 aliphatic heterocycles. The van der Waals surface area contributed by atoms with Crippen molar-refractivity contribution in [2.75, 3.05) is 5.32 Å². The second-order valence-electron chi connectivity index (χ2n) is 8.65. The SMILES string of the molecule is C[C@@H](N=C1CC(C)(C)CC(O)=C1C(=O)Nc1ccc(Cl)c(C(F)(F)F)c1)c1ccccc1. The molecule has 0 unspecified atom stereocenters. The number of rotatable bonds is 4. The van der Waals surface area contributed by atoms with E-state index >= 15 is 0 Å². The van der Waals surface area contributed by atoms with Crippen molar-refractivity contribution in [2.45, 2.75) is 45.8 Å². The largest absolute Gasteiger partial charge is 0.511 e. The summed E-state index contributed by atoms with van der Waals surface area (Å²) in [7, 11) is 0. The van der Waals surface area contributed by atoms with Gasteiger partial charge in [-0.05, 0) is 42.5 Å². The first-order valence-corrected chi connectivity index (χ1v) is 10.5. The zero-order valence-electron chi connectivity index (χ0n) is 17.9. The highest BCUT2D eigenvalue weighted by atomic mass is 35.5. The molecule has 1 aliphatic rings. The lowest BCUT2D eigenvalue weighted by molar-refractivity contribution is -0.137. The van der Waals surface area contributed by atoms with Crippen LogP contribution in [0.2, 0.25) is 5.02 Å². The van der Waals surface area contributed by atoms with Crippen molar-refractivity contribution in [1.29, 1.82) is 0 Å². The number of aliphatic imine (C=N–C) groups is 1. The molecule has 170 valence electrons. The van der Waals surface area contributed by atoms with Crippen molar-refractivity contribution in [3.63, 3.8) is 0 Å². The average Bonchev–Trinajstić information content (AvgIpc) is 2.68. The Bertz CT molecular complexity index is 1080. The molecule has 0 fully saturated rings. The van der Waals surface area contributed by atoms with Gasteiger partial charge in [0.05, 0.1) is 27.9 Å². The van der Waals surface area contributed by atoms with Crippen molar-refractivity contribution < 1.29 is 23.1 Å². The third-order valence-corrected chi connectivity index (χ3v) is 5.59. The molecule has 2 aromatic carbocycles. The van der Waals surface area contributed by atoms with Gasteiger partial charge in [-0.25, -0.2) is 0 Å². The third-order valence-electron chi connectivity index (χ3n) is 5.26.